The molecule has 32 heavy (non-hydrogen) atoms. The smallest absolute Gasteiger partial charge is 0.407 e. The molecule has 2 unspecified atom stereocenters. The molecule has 0 saturated carbocycles. The number of aliphatic carboxylic acids is 1. The van der Waals surface area contributed by atoms with Crippen molar-refractivity contribution in [2.75, 3.05) is 19.7 Å². The van der Waals surface area contributed by atoms with Gasteiger partial charge in [-0.15, -0.1) is 12.3 Å². The largest absolute Gasteiger partial charge is 0.481 e. The van der Waals surface area contributed by atoms with Gasteiger partial charge in [0.2, 0.25) is 5.91 Å². The summed E-state index contributed by atoms with van der Waals surface area (Å²) in [5.41, 5.74) is 4.43. The Hall–Kier alpha value is -3.79. The van der Waals surface area contributed by atoms with Crippen LogP contribution >= 0.6 is 0 Å². The summed E-state index contributed by atoms with van der Waals surface area (Å²) in [5.74, 6) is 0.390. The van der Waals surface area contributed by atoms with Crippen LogP contribution < -0.4 is 5.32 Å². The van der Waals surface area contributed by atoms with E-state index in [0.29, 0.717) is 13.0 Å². The zero-order valence-electron chi connectivity index (χ0n) is 17.5. The highest BCUT2D eigenvalue weighted by Crippen LogP contribution is 2.44. The van der Waals surface area contributed by atoms with E-state index in [1.807, 2.05) is 36.4 Å². The molecule has 2 N–H and O–H groups in total. The third-order valence-corrected chi connectivity index (χ3v) is 6.10. The number of hydrogen-bond donors (Lipinski definition) is 2. The summed E-state index contributed by atoms with van der Waals surface area (Å²) in [6, 6.07) is 15.1. The lowest BCUT2D eigenvalue weighted by atomic mass is 9.98. The Morgan fingerprint density at radius 2 is 1.75 bits per heavy atom. The molecular weight excluding hydrogens is 408 g/mol. The van der Waals surface area contributed by atoms with Crippen LogP contribution in [0.2, 0.25) is 0 Å². The highest BCUT2D eigenvalue weighted by atomic mass is 16.5. The van der Waals surface area contributed by atoms with Gasteiger partial charge >= 0.3 is 12.1 Å². The second kappa shape index (κ2) is 9.15. The monoisotopic (exact) mass is 432 g/mol. The van der Waals surface area contributed by atoms with Crippen molar-refractivity contribution in [2.45, 2.75) is 24.8 Å². The molecule has 1 aliphatic carbocycles. The SMILES string of the molecule is C#CCC(NC(=O)OCC1c2ccccc2-c2ccccc21)C(=O)N1CCC(C(=O)O)C1. The second-order valence-electron chi connectivity index (χ2n) is 8.04. The molecule has 2 aliphatic rings. The van der Waals surface area contributed by atoms with E-state index in [4.69, 9.17) is 16.3 Å². The van der Waals surface area contributed by atoms with Gasteiger partial charge in [0.15, 0.2) is 0 Å². The number of benzene rings is 2. The van der Waals surface area contributed by atoms with E-state index in [9.17, 15) is 14.4 Å². The number of carboxylic acid groups (broad SMARTS) is 1. The summed E-state index contributed by atoms with van der Waals surface area (Å²) in [6.45, 7) is 0.562. The molecule has 2 amide bonds. The van der Waals surface area contributed by atoms with Gasteiger partial charge in [-0.1, -0.05) is 48.5 Å². The van der Waals surface area contributed by atoms with Gasteiger partial charge in [0.1, 0.15) is 12.6 Å². The van der Waals surface area contributed by atoms with Gasteiger partial charge < -0.3 is 20.1 Å². The summed E-state index contributed by atoms with van der Waals surface area (Å²) in [7, 11) is 0. The fourth-order valence-electron chi connectivity index (χ4n) is 4.48. The number of carbonyl (C=O) groups excluding carboxylic acids is 2. The fraction of sp³-hybridized carbons (Fsp3) is 0.320. The number of carbonyl (C=O) groups is 3. The molecule has 164 valence electrons. The average molecular weight is 432 g/mol. The molecule has 4 rings (SSSR count). The van der Waals surface area contributed by atoms with E-state index in [1.54, 1.807) is 0 Å². The minimum atomic E-state index is -0.955. The molecule has 1 saturated heterocycles. The topological polar surface area (TPSA) is 95.9 Å². The Labute approximate surface area is 186 Å². The first-order valence-corrected chi connectivity index (χ1v) is 10.6. The van der Waals surface area contributed by atoms with Crippen molar-refractivity contribution in [1.29, 1.82) is 0 Å². The van der Waals surface area contributed by atoms with Crippen molar-refractivity contribution in [2.24, 2.45) is 5.92 Å². The summed E-state index contributed by atoms with van der Waals surface area (Å²) < 4.78 is 5.51. The quantitative estimate of drug-likeness (QED) is 0.685. The van der Waals surface area contributed by atoms with Crippen molar-refractivity contribution in [3.05, 3.63) is 59.7 Å². The van der Waals surface area contributed by atoms with Gasteiger partial charge in [0.05, 0.1) is 5.92 Å². The number of amides is 2. The molecule has 2 aromatic carbocycles. The van der Waals surface area contributed by atoms with Gasteiger partial charge in [0.25, 0.3) is 0 Å². The van der Waals surface area contributed by atoms with Crippen LogP contribution in [0.5, 0.6) is 0 Å². The van der Waals surface area contributed by atoms with E-state index in [0.717, 1.165) is 22.3 Å². The first-order valence-electron chi connectivity index (χ1n) is 10.6. The van der Waals surface area contributed by atoms with Crippen LogP contribution in [-0.2, 0) is 14.3 Å². The van der Waals surface area contributed by atoms with E-state index < -0.39 is 24.0 Å². The number of likely N-dealkylation sites (tertiary alicyclic amines) is 1. The van der Waals surface area contributed by atoms with Crippen LogP contribution in [0.3, 0.4) is 0 Å². The van der Waals surface area contributed by atoms with E-state index >= 15 is 0 Å². The highest BCUT2D eigenvalue weighted by Gasteiger charge is 2.35. The number of carboxylic acids is 1. The zero-order chi connectivity index (χ0) is 22.7. The van der Waals surface area contributed by atoms with Crippen molar-refractivity contribution in [3.63, 3.8) is 0 Å². The summed E-state index contributed by atoms with van der Waals surface area (Å²) in [6.07, 6.45) is 5.04. The van der Waals surface area contributed by atoms with E-state index in [1.165, 1.54) is 4.90 Å². The van der Waals surface area contributed by atoms with Crippen LogP contribution in [0.1, 0.15) is 29.9 Å². The minimum absolute atomic E-state index is 0.00271. The number of hydrogen-bond acceptors (Lipinski definition) is 4. The molecule has 0 spiro atoms. The molecule has 1 heterocycles. The lowest BCUT2D eigenvalue weighted by Gasteiger charge is -2.23. The van der Waals surface area contributed by atoms with E-state index in [-0.39, 0.29) is 31.4 Å². The van der Waals surface area contributed by atoms with Crippen LogP contribution in [-0.4, -0.2) is 53.7 Å². The van der Waals surface area contributed by atoms with Crippen molar-refractivity contribution < 1.29 is 24.2 Å². The Balaban J connectivity index is 1.40. The Morgan fingerprint density at radius 3 is 2.31 bits per heavy atom. The van der Waals surface area contributed by atoms with Gasteiger partial charge in [0, 0.05) is 25.4 Å². The minimum Gasteiger partial charge on any atom is -0.481 e. The lowest BCUT2D eigenvalue weighted by Crippen LogP contribution is -2.48. The number of nitrogens with zero attached hydrogens (tertiary/aromatic N) is 1. The number of rotatable bonds is 6. The number of alkyl carbamates (subject to hydrolysis) is 1. The lowest BCUT2D eigenvalue weighted by molar-refractivity contribution is -0.141. The van der Waals surface area contributed by atoms with Crippen molar-refractivity contribution in [3.8, 4) is 23.5 Å². The first kappa shape index (κ1) is 21.4. The predicted octanol–water partition coefficient (Wildman–Crippen LogP) is 2.85. The maximum atomic E-state index is 12.8. The number of ether oxygens (including phenoxy) is 1. The molecule has 2 aromatic rings. The zero-order valence-corrected chi connectivity index (χ0v) is 17.5. The maximum absolute atomic E-state index is 12.8. The van der Waals surface area contributed by atoms with Gasteiger partial charge in [-0.3, -0.25) is 9.59 Å². The molecule has 0 aromatic heterocycles. The van der Waals surface area contributed by atoms with Crippen LogP contribution in [0.4, 0.5) is 4.79 Å². The molecule has 0 bridgehead atoms. The molecule has 7 nitrogen and oxygen atoms in total. The molecule has 0 radical (unpaired) electrons. The molecule has 2 atom stereocenters. The fourth-order valence-corrected chi connectivity index (χ4v) is 4.48. The summed E-state index contributed by atoms with van der Waals surface area (Å²) in [5, 5.41) is 11.7. The molecule has 1 aliphatic heterocycles. The average Bonchev–Trinajstić information content (AvgIpc) is 3.41. The van der Waals surface area contributed by atoms with Crippen molar-refractivity contribution in [1.82, 2.24) is 10.2 Å². The standard InChI is InChI=1S/C25H24N2O5/c1-2-7-22(23(28)27-13-12-16(14-27)24(29)30)26-25(31)32-15-21-19-10-5-3-8-17(19)18-9-4-6-11-20(18)21/h1,3-6,8-11,16,21-22H,7,12-15H2,(H,26,31)(H,29,30). The number of fused-ring (bicyclic) bond motifs is 3. The Morgan fingerprint density at radius 1 is 1.12 bits per heavy atom. The Kier molecular flexibility index (Phi) is 6.13. The highest BCUT2D eigenvalue weighted by molar-refractivity contribution is 5.87. The summed E-state index contributed by atoms with van der Waals surface area (Å²) in [4.78, 5) is 37.9. The summed E-state index contributed by atoms with van der Waals surface area (Å²) >= 11 is 0. The normalized spacial score (nSPS) is 17.7. The van der Waals surface area contributed by atoms with Crippen LogP contribution in [0.15, 0.2) is 48.5 Å². The number of terminal acetylenes is 1. The molecule has 7 heteroatoms. The second-order valence-corrected chi connectivity index (χ2v) is 8.04. The third-order valence-electron chi connectivity index (χ3n) is 6.10. The van der Waals surface area contributed by atoms with E-state index in [2.05, 4.69) is 23.4 Å². The van der Waals surface area contributed by atoms with Crippen LogP contribution in [0, 0.1) is 18.3 Å². The van der Waals surface area contributed by atoms with Gasteiger partial charge in [-0.2, -0.15) is 0 Å². The van der Waals surface area contributed by atoms with Crippen LogP contribution in [0.25, 0.3) is 11.1 Å². The number of nitrogens with one attached hydrogen (secondary N) is 1. The first-order chi connectivity index (χ1) is 15.5. The third kappa shape index (κ3) is 4.17. The van der Waals surface area contributed by atoms with Gasteiger partial charge in [-0.05, 0) is 28.7 Å². The molecule has 1 fully saturated rings. The molecular formula is C25H24N2O5. The maximum Gasteiger partial charge on any atom is 0.407 e. The van der Waals surface area contributed by atoms with Gasteiger partial charge in [-0.25, -0.2) is 4.79 Å². The Bertz CT molecular complexity index is 1040. The predicted molar refractivity (Wildman–Crippen MR) is 118 cm³/mol. The van der Waals surface area contributed by atoms with Crippen molar-refractivity contribution >= 4 is 18.0 Å².